The minimum absolute atomic E-state index is 0.0609. The maximum absolute atomic E-state index is 13.2. The van der Waals surface area contributed by atoms with Gasteiger partial charge in [0.05, 0.1) is 12.0 Å². The second-order valence-corrected chi connectivity index (χ2v) is 8.13. The van der Waals surface area contributed by atoms with Crippen molar-refractivity contribution < 1.29 is 14.3 Å². The van der Waals surface area contributed by atoms with Gasteiger partial charge in [0.15, 0.2) is 0 Å². The molecular formula is C21H28N2O3. The number of rotatable bonds is 3. The van der Waals surface area contributed by atoms with E-state index in [1.807, 2.05) is 18.2 Å². The highest BCUT2D eigenvalue weighted by Gasteiger charge is 2.47. The number of methoxy groups -OCH3 is 1. The van der Waals surface area contributed by atoms with Crippen LogP contribution in [0.5, 0.6) is 0 Å². The Hall–Kier alpha value is -1.88. The van der Waals surface area contributed by atoms with Crippen LogP contribution in [0.1, 0.15) is 43.2 Å². The number of benzene rings is 1. The fourth-order valence-electron chi connectivity index (χ4n) is 4.91. The van der Waals surface area contributed by atoms with Gasteiger partial charge >= 0.3 is 0 Å². The standard InChI is InChI=1S/C21H28N2O3/c1-13-4-5-16(8-14(13)2)22-12-15(9-20(22)24)21(25)23-17-6-7-18(23)11-19(10-17)26-3/h4-5,8,15,17-19H,6-7,9-12H2,1-3H3. The molecule has 0 saturated carbocycles. The summed E-state index contributed by atoms with van der Waals surface area (Å²) in [4.78, 5) is 29.7. The Morgan fingerprint density at radius 3 is 2.42 bits per heavy atom. The summed E-state index contributed by atoms with van der Waals surface area (Å²) in [6, 6.07) is 6.66. The van der Waals surface area contributed by atoms with E-state index in [4.69, 9.17) is 4.74 Å². The first kappa shape index (κ1) is 17.5. The fourth-order valence-corrected chi connectivity index (χ4v) is 4.91. The molecule has 3 saturated heterocycles. The highest BCUT2D eigenvalue weighted by atomic mass is 16.5. The Morgan fingerprint density at radius 2 is 1.81 bits per heavy atom. The van der Waals surface area contributed by atoms with Gasteiger partial charge in [0.2, 0.25) is 11.8 Å². The molecule has 2 amide bonds. The lowest BCUT2D eigenvalue weighted by Gasteiger charge is -2.39. The van der Waals surface area contributed by atoms with Gasteiger partial charge in [-0.25, -0.2) is 0 Å². The van der Waals surface area contributed by atoms with Crippen LogP contribution in [-0.2, 0) is 14.3 Å². The van der Waals surface area contributed by atoms with Crippen molar-refractivity contribution in [3.63, 3.8) is 0 Å². The topological polar surface area (TPSA) is 49.9 Å². The van der Waals surface area contributed by atoms with Gasteiger partial charge in [-0.1, -0.05) is 6.07 Å². The van der Waals surface area contributed by atoms with E-state index < -0.39 is 0 Å². The number of amides is 2. The van der Waals surface area contributed by atoms with E-state index in [9.17, 15) is 9.59 Å². The molecule has 3 aliphatic heterocycles. The van der Waals surface area contributed by atoms with Crippen LogP contribution in [0, 0.1) is 19.8 Å². The molecule has 5 nitrogen and oxygen atoms in total. The summed E-state index contributed by atoms with van der Waals surface area (Å²) in [7, 11) is 1.76. The van der Waals surface area contributed by atoms with Crippen LogP contribution in [-0.4, -0.2) is 48.6 Å². The summed E-state index contributed by atoms with van der Waals surface area (Å²) in [6.45, 7) is 4.63. The predicted octanol–water partition coefficient (Wildman–Crippen LogP) is 2.82. The van der Waals surface area contributed by atoms with Gasteiger partial charge in [0.1, 0.15) is 0 Å². The lowest BCUT2D eigenvalue weighted by atomic mass is 9.96. The first-order valence-corrected chi connectivity index (χ1v) is 9.70. The van der Waals surface area contributed by atoms with Crippen LogP contribution in [0.15, 0.2) is 18.2 Å². The van der Waals surface area contributed by atoms with Gasteiger partial charge in [-0.3, -0.25) is 9.59 Å². The molecule has 3 atom stereocenters. The molecule has 0 aromatic heterocycles. The van der Waals surface area contributed by atoms with Crippen LogP contribution in [0.25, 0.3) is 0 Å². The molecule has 3 fully saturated rings. The molecule has 1 aromatic rings. The Bertz CT molecular complexity index is 718. The molecule has 3 unspecified atom stereocenters. The molecule has 0 N–H and O–H groups in total. The zero-order valence-electron chi connectivity index (χ0n) is 15.9. The lowest BCUT2D eigenvalue weighted by molar-refractivity contribution is -0.142. The van der Waals surface area contributed by atoms with Gasteiger partial charge in [0, 0.05) is 37.8 Å². The van der Waals surface area contributed by atoms with E-state index >= 15 is 0 Å². The van der Waals surface area contributed by atoms with Gasteiger partial charge in [0.25, 0.3) is 0 Å². The maximum atomic E-state index is 13.2. The summed E-state index contributed by atoms with van der Waals surface area (Å²) in [5.74, 6) is 0.0174. The molecule has 5 heteroatoms. The van der Waals surface area contributed by atoms with Crippen LogP contribution in [0.3, 0.4) is 0 Å². The number of hydrogen-bond donors (Lipinski definition) is 0. The zero-order chi connectivity index (χ0) is 18.4. The maximum Gasteiger partial charge on any atom is 0.228 e. The lowest BCUT2D eigenvalue weighted by Crippen LogP contribution is -2.50. The number of carbonyl (C=O) groups is 2. The van der Waals surface area contributed by atoms with E-state index in [-0.39, 0.29) is 35.9 Å². The summed E-state index contributed by atoms with van der Waals surface area (Å²) in [6.07, 6.45) is 4.60. The molecular weight excluding hydrogens is 328 g/mol. The highest BCUT2D eigenvalue weighted by molar-refractivity contribution is 6.00. The molecule has 1 aromatic carbocycles. The van der Waals surface area contributed by atoms with Gasteiger partial charge < -0.3 is 14.5 Å². The zero-order valence-corrected chi connectivity index (χ0v) is 15.9. The van der Waals surface area contributed by atoms with Crippen molar-refractivity contribution in [3.05, 3.63) is 29.3 Å². The third kappa shape index (κ3) is 2.92. The van der Waals surface area contributed by atoms with E-state index in [0.29, 0.717) is 13.0 Å². The smallest absolute Gasteiger partial charge is 0.228 e. The van der Waals surface area contributed by atoms with Crippen LogP contribution >= 0.6 is 0 Å². The number of nitrogens with zero attached hydrogens (tertiary/aromatic N) is 2. The third-order valence-corrected chi connectivity index (χ3v) is 6.55. The number of fused-ring (bicyclic) bond motifs is 2. The first-order chi connectivity index (χ1) is 12.5. The van der Waals surface area contributed by atoms with Gasteiger partial charge in [-0.05, 0) is 62.8 Å². The normalized spacial score (nSPS) is 31.0. The van der Waals surface area contributed by atoms with E-state index in [0.717, 1.165) is 31.4 Å². The van der Waals surface area contributed by atoms with E-state index in [1.165, 1.54) is 11.1 Å². The monoisotopic (exact) mass is 356 g/mol. The molecule has 26 heavy (non-hydrogen) atoms. The summed E-state index contributed by atoms with van der Waals surface area (Å²) >= 11 is 0. The van der Waals surface area contributed by atoms with Crippen molar-refractivity contribution in [2.24, 2.45) is 5.92 Å². The van der Waals surface area contributed by atoms with Crippen LogP contribution in [0.2, 0.25) is 0 Å². The van der Waals surface area contributed by atoms with Crippen molar-refractivity contribution in [2.75, 3.05) is 18.6 Å². The predicted molar refractivity (Wildman–Crippen MR) is 100 cm³/mol. The molecule has 4 rings (SSSR count). The molecule has 3 aliphatic rings. The van der Waals surface area contributed by atoms with Crippen molar-refractivity contribution >= 4 is 17.5 Å². The Balaban J connectivity index is 1.48. The summed E-state index contributed by atoms with van der Waals surface area (Å²) in [5, 5.41) is 0. The van der Waals surface area contributed by atoms with Crippen LogP contribution < -0.4 is 4.90 Å². The SMILES string of the molecule is COC1CC2CCC(C1)N2C(=O)C1CC(=O)N(c2ccc(C)c(C)c2)C1. The number of ether oxygens (including phenoxy) is 1. The van der Waals surface area contributed by atoms with Gasteiger partial charge in [-0.15, -0.1) is 0 Å². The number of piperidine rings is 1. The molecule has 0 spiro atoms. The second-order valence-electron chi connectivity index (χ2n) is 8.13. The van der Waals surface area contributed by atoms with E-state index in [1.54, 1.807) is 12.0 Å². The number of carbonyl (C=O) groups excluding carboxylic acids is 2. The number of aryl methyl sites for hydroxylation is 2. The molecule has 3 heterocycles. The largest absolute Gasteiger partial charge is 0.381 e. The Morgan fingerprint density at radius 1 is 1.12 bits per heavy atom. The fraction of sp³-hybridized carbons (Fsp3) is 0.619. The minimum atomic E-state index is -0.216. The van der Waals surface area contributed by atoms with Crippen molar-refractivity contribution in [3.8, 4) is 0 Å². The summed E-state index contributed by atoms with van der Waals surface area (Å²) < 4.78 is 5.54. The Labute approximate surface area is 155 Å². The van der Waals surface area contributed by atoms with Crippen LogP contribution in [0.4, 0.5) is 5.69 Å². The van der Waals surface area contributed by atoms with Crippen molar-refractivity contribution in [1.29, 1.82) is 0 Å². The molecule has 0 aliphatic carbocycles. The highest BCUT2D eigenvalue weighted by Crippen LogP contribution is 2.39. The average molecular weight is 356 g/mol. The number of anilines is 1. The third-order valence-electron chi connectivity index (χ3n) is 6.55. The number of hydrogen-bond acceptors (Lipinski definition) is 3. The van der Waals surface area contributed by atoms with Gasteiger partial charge in [-0.2, -0.15) is 0 Å². The van der Waals surface area contributed by atoms with Crippen molar-refractivity contribution in [1.82, 2.24) is 4.90 Å². The Kier molecular flexibility index (Phi) is 4.51. The van der Waals surface area contributed by atoms with E-state index in [2.05, 4.69) is 18.7 Å². The van der Waals surface area contributed by atoms with Crippen molar-refractivity contribution in [2.45, 2.75) is 64.1 Å². The minimum Gasteiger partial charge on any atom is -0.381 e. The quantitative estimate of drug-likeness (QED) is 0.837. The first-order valence-electron chi connectivity index (χ1n) is 9.70. The molecule has 2 bridgehead atoms. The summed E-state index contributed by atoms with van der Waals surface area (Å²) in [5.41, 5.74) is 3.30. The molecule has 140 valence electrons. The second kappa shape index (κ2) is 6.69. The average Bonchev–Trinajstić information content (AvgIpc) is 3.14. The molecule has 0 radical (unpaired) electrons.